The molecule has 0 atom stereocenters. The third kappa shape index (κ3) is 1.83. The van der Waals surface area contributed by atoms with Crippen molar-refractivity contribution in [2.45, 2.75) is 13.3 Å². The van der Waals surface area contributed by atoms with E-state index in [2.05, 4.69) is 20.2 Å². The van der Waals surface area contributed by atoms with E-state index in [1.54, 1.807) is 12.1 Å². The van der Waals surface area contributed by atoms with Gasteiger partial charge in [-0.2, -0.15) is 10.4 Å². The molecule has 0 aliphatic rings. The lowest BCUT2D eigenvalue weighted by Crippen LogP contribution is -1.87. The number of rotatable bonds is 2. The van der Waals surface area contributed by atoms with Crippen LogP contribution in [0, 0.1) is 11.3 Å². The van der Waals surface area contributed by atoms with Crippen LogP contribution < -0.4 is 0 Å². The molecule has 5 nitrogen and oxygen atoms in total. The number of hydrogen-bond donors (Lipinski definition) is 1. The molecule has 0 aromatic carbocycles. The van der Waals surface area contributed by atoms with Crippen molar-refractivity contribution in [2.24, 2.45) is 0 Å². The van der Waals surface area contributed by atoms with Gasteiger partial charge in [-0.05, 0) is 12.1 Å². The third-order valence-electron chi connectivity index (χ3n) is 1.99. The molecule has 0 bridgehead atoms. The zero-order valence-electron chi connectivity index (χ0n) is 8.23. The SMILES string of the molecule is CCc1nc(-c2ccc(C#N)cn2)n[nH]1. The smallest absolute Gasteiger partial charge is 0.199 e. The average Bonchev–Trinajstić information content (AvgIpc) is 2.78. The van der Waals surface area contributed by atoms with E-state index < -0.39 is 0 Å². The molecule has 0 radical (unpaired) electrons. The number of aryl methyl sites for hydroxylation is 1. The predicted molar refractivity (Wildman–Crippen MR) is 53.7 cm³/mol. The van der Waals surface area contributed by atoms with Gasteiger partial charge in [-0.25, -0.2) is 4.98 Å². The molecule has 2 aromatic heterocycles. The van der Waals surface area contributed by atoms with Crippen LogP contribution in [-0.2, 0) is 6.42 Å². The number of pyridine rings is 1. The lowest BCUT2D eigenvalue weighted by Gasteiger charge is -1.92. The second-order valence-electron chi connectivity index (χ2n) is 3.00. The predicted octanol–water partition coefficient (Wildman–Crippen LogP) is 1.30. The molecule has 0 fully saturated rings. The Labute approximate surface area is 86.8 Å². The quantitative estimate of drug-likeness (QED) is 0.790. The number of nitriles is 1. The number of hydrogen-bond acceptors (Lipinski definition) is 4. The Morgan fingerprint density at radius 2 is 2.33 bits per heavy atom. The number of nitrogens with zero attached hydrogens (tertiary/aromatic N) is 4. The van der Waals surface area contributed by atoms with Crippen LogP contribution in [-0.4, -0.2) is 20.2 Å². The van der Waals surface area contributed by atoms with Crippen LogP contribution in [0.2, 0.25) is 0 Å². The molecule has 15 heavy (non-hydrogen) atoms. The Balaban J connectivity index is 2.33. The van der Waals surface area contributed by atoms with Crippen LogP contribution in [0.4, 0.5) is 0 Å². The van der Waals surface area contributed by atoms with Gasteiger partial charge in [0.25, 0.3) is 0 Å². The van der Waals surface area contributed by atoms with Gasteiger partial charge in [0.05, 0.1) is 5.56 Å². The van der Waals surface area contributed by atoms with Crippen molar-refractivity contribution in [3.8, 4) is 17.6 Å². The first kappa shape index (κ1) is 9.34. The topological polar surface area (TPSA) is 78.2 Å². The molecular weight excluding hydrogens is 190 g/mol. The summed E-state index contributed by atoms with van der Waals surface area (Å²) in [5.74, 6) is 1.40. The van der Waals surface area contributed by atoms with Gasteiger partial charge in [0, 0.05) is 12.6 Å². The highest BCUT2D eigenvalue weighted by atomic mass is 15.2. The van der Waals surface area contributed by atoms with E-state index in [-0.39, 0.29) is 0 Å². The summed E-state index contributed by atoms with van der Waals surface area (Å²) in [5.41, 5.74) is 1.20. The Morgan fingerprint density at radius 3 is 2.87 bits per heavy atom. The molecule has 1 N–H and O–H groups in total. The molecule has 0 spiro atoms. The number of nitrogens with one attached hydrogen (secondary N) is 1. The highest BCUT2D eigenvalue weighted by Crippen LogP contribution is 2.11. The maximum absolute atomic E-state index is 8.61. The first-order valence-electron chi connectivity index (χ1n) is 4.61. The Kier molecular flexibility index (Phi) is 2.42. The Bertz CT molecular complexity index is 491. The highest BCUT2D eigenvalue weighted by Gasteiger charge is 2.05. The molecule has 0 aliphatic heterocycles. The summed E-state index contributed by atoms with van der Waals surface area (Å²) in [6.45, 7) is 2.00. The normalized spacial score (nSPS) is 9.87. The van der Waals surface area contributed by atoms with Crippen molar-refractivity contribution in [3.63, 3.8) is 0 Å². The summed E-state index contributed by atoms with van der Waals surface area (Å²) in [4.78, 5) is 8.34. The molecule has 74 valence electrons. The van der Waals surface area contributed by atoms with E-state index in [0.717, 1.165) is 12.2 Å². The van der Waals surface area contributed by atoms with E-state index in [1.807, 2.05) is 13.0 Å². The minimum absolute atomic E-state index is 0.532. The summed E-state index contributed by atoms with van der Waals surface area (Å²) >= 11 is 0. The van der Waals surface area contributed by atoms with E-state index in [1.165, 1.54) is 6.20 Å². The number of aromatic amines is 1. The molecule has 0 saturated carbocycles. The summed E-state index contributed by atoms with van der Waals surface area (Å²) in [7, 11) is 0. The standard InChI is InChI=1S/C10H9N5/c1-2-9-13-10(15-14-9)8-4-3-7(5-11)6-12-8/h3-4,6H,2H2,1H3,(H,13,14,15). The van der Waals surface area contributed by atoms with Crippen molar-refractivity contribution in [2.75, 3.05) is 0 Å². The van der Waals surface area contributed by atoms with Crippen molar-refractivity contribution in [3.05, 3.63) is 29.7 Å². The van der Waals surface area contributed by atoms with Gasteiger partial charge in [-0.3, -0.25) is 10.1 Å². The summed E-state index contributed by atoms with van der Waals surface area (Å²) in [6.07, 6.45) is 2.32. The van der Waals surface area contributed by atoms with Gasteiger partial charge in [0.1, 0.15) is 17.6 Å². The van der Waals surface area contributed by atoms with Gasteiger partial charge in [0.15, 0.2) is 5.82 Å². The van der Waals surface area contributed by atoms with Crippen LogP contribution in [0.3, 0.4) is 0 Å². The van der Waals surface area contributed by atoms with Gasteiger partial charge in [-0.1, -0.05) is 6.92 Å². The third-order valence-corrected chi connectivity index (χ3v) is 1.99. The van der Waals surface area contributed by atoms with Crippen molar-refractivity contribution >= 4 is 0 Å². The van der Waals surface area contributed by atoms with Crippen LogP contribution in [0.5, 0.6) is 0 Å². The van der Waals surface area contributed by atoms with E-state index in [0.29, 0.717) is 17.1 Å². The van der Waals surface area contributed by atoms with Gasteiger partial charge >= 0.3 is 0 Å². The van der Waals surface area contributed by atoms with Gasteiger partial charge in [0.2, 0.25) is 0 Å². The molecule has 2 rings (SSSR count). The number of aromatic nitrogens is 4. The molecule has 0 saturated heterocycles. The molecular formula is C10H9N5. The first-order chi connectivity index (χ1) is 7.33. The van der Waals surface area contributed by atoms with E-state index >= 15 is 0 Å². The summed E-state index contributed by atoms with van der Waals surface area (Å²) in [5, 5.41) is 15.5. The zero-order chi connectivity index (χ0) is 10.7. The zero-order valence-corrected chi connectivity index (χ0v) is 8.23. The average molecular weight is 199 g/mol. The van der Waals surface area contributed by atoms with Crippen LogP contribution in [0.15, 0.2) is 18.3 Å². The summed E-state index contributed by atoms with van der Waals surface area (Å²) in [6, 6.07) is 5.45. The minimum Gasteiger partial charge on any atom is -0.263 e. The van der Waals surface area contributed by atoms with Crippen molar-refractivity contribution in [1.29, 1.82) is 5.26 Å². The van der Waals surface area contributed by atoms with Crippen molar-refractivity contribution < 1.29 is 0 Å². The monoisotopic (exact) mass is 199 g/mol. The number of H-pyrrole nitrogens is 1. The fraction of sp³-hybridized carbons (Fsp3) is 0.200. The van der Waals surface area contributed by atoms with Crippen LogP contribution in [0.25, 0.3) is 11.5 Å². The van der Waals surface area contributed by atoms with Crippen LogP contribution >= 0.6 is 0 Å². The lowest BCUT2D eigenvalue weighted by atomic mass is 10.2. The molecule has 5 heteroatoms. The minimum atomic E-state index is 0.532. The van der Waals surface area contributed by atoms with Gasteiger partial charge < -0.3 is 0 Å². The maximum atomic E-state index is 8.61. The molecule has 2 aromatic rings. The molecule has 2 heterocycles. The molecule has 0 amide bonds. The first-order valence-corrected chi connectivity index (χ1v) is 4.61. The maximum Gasteiger partial charge on any atom is 0.199 e. The van der Waals surface area contributed by atoms with Crippen LogP contribution in [0.1, 0.15) is 18.3 Å². The Hall–Kier alpha value is -2.22. The van der Waals surface area contributed by atoms with Gasteiger partial charge in [-0.15, -0.1) is 0 Å². The fourth-order valence-electron chi connectivity index (χ4n) is 1.16. The summed E-state index contributed by atoms with van der Waals surface area (Å²) < 4.78 is 0. The van der Waals surface area contributed by atoms with E-state index in [4.69, 9.17) is 5.26 Å². The largest absolute Gasteiger partial charge is 0.263 e. The highest BCUT2D eigenvalue weighted by molar-refractivity contribution is 5.49. The molecule has 0 aliphatic carbocycles. The molecule has 0 unspecified atom stereocenters. The second-order valence-corrected chi connectivity index (χ2v) is 3.00. The van der Waals surface area contributed by atoms with E-state index in [9.17, 15) is 0 Å². The lowest BCUT2D eigenvalue weighted by molar-refractivity contribution is 0.946. The second kappa shape index (κ2) is 3.88. The Morgan fingerprint density at radius 1 is 1.47 bits per heavy atom. The van der Waals surface area contributed by atoms with Crippen molar-refractivity contribution in [1.82, 2.24) is 20.2 Å². The fourth-order valence-corrected chi connectivity index (χ4v) is 1.16.